The van der Waals surface area contributed by atoms with Gasteiger partial charge < -0.3 is 4.74 Å². The second-order valence-electron chi connectivity index (χ2n) is 7.96. The van der Waals surface area contributed by atoms with Crippen molar-refractivity contribution in [3.05, 3.63) is 52.8 Å². The van der Waals surface area contributed by atoms with Crippen LogP contribution in [0.15, 0.2) is 40.7 Å². The van der Waals surface area contributed by atoms with Gasteiger partial charge in [0, 0.05) is 17.2 Å². The van der Waals surface area contributed by atoms with Gasteiger partial charge in [0.1, 0.15) is 17.2 Å². The predicted octanol–water partition coefficient (Wildman–Crippen LogP) is 4.08. The van der Waals surface area contributed by atoms with E-state index in [0.717, 1.165) is 16.3 Å². The second-order valence-corrected chi connectivity index (χ2v) is 10.8. The average molecular weight is 448 g/mol. The number of hydrogen-bond acceptors (Lipinski definition) is 7. The van der Waals surface area contributed by atoms with Gasteiger partial charge in [0.15, 0.2) is 9.84 Å². The molecule has 0 aliphatic heterocycles. The first-order valence-electron chi connectivity index (χ1n) is 9.50. The number of thiazole rings is 1. The Balaban J connectivity index is 1.70. The van der Waals surface area contributed by atoms with Crippen molar-refractivity contribution in [3.8, 4) is 10.6 Å². The van der Waals surface area contributed by atoms with Crippen LogP contribution in [0.3, 0.4) is 0 Å². The molecule has 0 saturated heterocycles. The molecular formula is C21H25N3O4S2. The molecule has 0 radical (unpaired) electrons. The molecule has 0 N–H and O–H groups in total. The van der Waals surface area contributed by atoms with Gasteiger partial charge in [-0.15, -0.1) is 11.3 Å². The van der Waals surface area contributed by atoms with Gasteiger partial charge in [-0.3, -0.25) is 4.68 Å². The lowest BCUT2D eigenvalue weighted by Gasteiger charge is -2.22. The number of esters is 1. The number of hydrogen-bond donors (Lipinski definition) is 0. The molecule has 160 valence electrons. The summed E-state index contributed by atoms with van der Waals surface area (Å²) in [5, 5.41) is 6.92. The third kappa shape index (κ3) is 4.79. The van der Waals surface area contributed by atoms with Crippen molar-refractivity contribution in [2.24, 2.45) is 0 Å². The van der Waals surface area contributed by atoms with Crippen molar-refractivity contribution in [3.63, 3.8) is 0 Å². The number of sulfone groups is 1. The number of nitrogens with zero attached hydrogens (tertiary/aromatic N) is 3. The molecule has 0 spiro atoms. The number of aromatic nitrogens is 3. The van der Waals surface area contributed by atoms with Gasteiger partial charge in [-0.25, -0.2) is 18.2 Å². The molecule has 7 nitrogen and oxygen atoms in total. The molecular weight excluding hydrogens is 422 g/mol. The van der Waals surface area contributed by atoms with Gasteiger partial charge in [0.05, 0.1) is 28.0 Å². The van der Waals surface area contributed by atoms with Gasteiger partial charge >= 0.3 is 5.97 Å². The third-order valence-corrected chi connectivity index (χ3v) is 6.56. The van der Waals surface area contributed by atoms with Crippen LogP contribution < -0.4 is 0 Å². The fourth-order valence-electron chi connectivity index (χ4n) is 3.03. The zero-order chi connectivity index (χ0) is 22.1. The van der Waals surface area contributed by atoms with Crippen molar-refractivity contribution in [2.75, 3.05) is 6.26 Å². The monoisotopic (exact) mass is 447 g/mol. The van der Waals surface area contributed by atoms with Crippen LogP contribution >= 0.6 is 11.3 Å². The van der Waals surface area contributed by atoms with E-state index in [0.29, 0.717) is 17.7 Å². The van der Waals surface area contributed by atoms with Crippen LogP contribution in [0.4, 0.5) is 0 Å². The first-order chi connectivity index (χ1) is 14.0. The van der Waals surface area contributed by atoms with Crippen LogP contribution in [0.1, 0.15) is 49.4 Å². The first kappa shape index (κ1) is 22.2. The van der Waals surface area contributed by atoms with Crippen molar-refractivity contribution < 1.29 is 17.9 Å². The van der Waals surface area contributed by atoms with Gasteiger partial charge in [-0.1, -0.05) is 19.1 Å². The average Bonchev–Trinajstić information content (AvgIpc) is 3.32. The zero-order valence-corrected chi connectivity index (χ0v) is 19.3. The molecule has 1 aromatic carbocycles. The summed E-state index contributed by atoms with van der Waals surface area (Å²) in [6.45, 7) is 8.15. The molecule has 0 fully saturated rings. The highest BCUT2D eigenvalue weighted by atomic mass is 32.2. The summed E-state index contributed by atoms with van der Waals surface area (Å²) in [6, 6.07) is 6.56. The fraction of sp³-hybridized carbons (Fsp3) is 0.381. The lowest BCUT2D eigenvalue weighted by molar-refractivity contribution is 0.0467. The third-order valence-electron chi connectivity index (χ3n) is 4.49. The molecule has 2 aromatic heterocycles. The van der Waals surface area contributed by atoms with Crippen molar-refractivity contribution >= 4 is 27.1 Å². The number of carbonyl (C=O) groups excluding carboxylic acids is 1. The van der Waals surface area contributed by atoms with E-state index >= 15 is 0 Å². The molecule has 0 saturated carbocycles. The lowest BCUT2D eigenvalue weighted by Crippen LogP contribution is -2.25. The Morgan fingerprint density at radius 2 is 1.87 bits per heavy atom. The SMILES string of the molecule is CCc1c(C(=O)OCc2csc(-c3ccc(S(C)(=O)=O)cc3)n2)cnn1C(C)(C)C. The van der Waals surface area contributed by atoms with E-state index in [9.17, 15) is 13.2 Å². The summed E-state index contributed by atoms with van der Waals surface area (Å²) >= 11 is 1.41. The van der Waals surface area contributed by atoms with E-state index in [1.54, 1.807) is 30.5 Å². The maximum atomic E-state index is 12.6. The predicted molar refractivity (Wildman–Crippen MR) is 116 cm³/mol. The minimum absolute atomic E-state index is 0.0562. The van der Waals surface area contributed by atoms with Crippen molar-refractivity contribution in [2.45, 2.75) is 51.2 Å². The molecule has 0 aliphatic rings. The summed E-state index contributed by atoms with van der Waals surface area (Å²) in [7, 11) is -3.24. The Morgan fingerprint density at radius 3 is 2.43 bits per heavy atom. The quantitative estimate of drug-likeness (QED) is 0.529. The summed E-state index contributed by atoms with van der Waals surface area (Å²) in [5.41, 5.74) is 2.54. The first-order valence-corrected chi connectivity index (χ1v) is 12.3. The van der Waals surface area contributed by atoms with Crippen LogP contribution in [0.5, 0.6) is 0 Å². The molecule has 0 bridgehead atoms. The summed E-state index contributed by atoms with van der Waals surface area (Å²) < 4.78 is 30.5. The highest BCUT2D eigenvalue weighted by Gasteiger charge is 2.24. The van der Waals surface area contributed by atoms with Gasteiger partial charge in [0.25, 0.3) is 0 Å². The largest absolute Gasteiger partial charge is 0.455 e. The fourth-order valence-corrected chi connectivity index (χ4v) is 4.47. The molecule has 0 amide bonds. The Bertz CT molecular complexity index is 1150. The van der Waals surface area contributed by atoms with Crippen molar-refractivity contribution in [1.29, 1.82) is 0 Å². The highest BCUT2D eigenvalue weighted by Crippen LogP contribution is 2.26. The molecule has 30 heavy (non-hydrogen) atoms. The van der Waals surface area contributed by atoms with E-state index in [-0.39, 0.29) is 17.0 Å². The second kappa shape index (κ2) is 8.31. The normalized spacial score (nSPS) is 12.2. The Hall–Kier alpha value is -2.52. The summed E-state index contributed by atoms with van der Waals surface area (Å²) in [6.07, 6.45) is 3.40. The topological polar surface area (TPSA) is 91.2 Å². The standard InChI is InChI=1S/C21H25N3O4S2/c1-6-18-17(11-22-24(18)21(2,3)4)20(25)28-12-15-13-29-19(23-15)14-7-9-16(10-8-14)30(5,26)27/h7-11,13H,6,12H2,1-5H3. The van der Waals surface area contributed by atoms with Crippen LogP contribution in [0, 0.1) is 0 Å². The molecule has 0 unspecified atom stereocenters. The number of carbonyl (C=O) groups is 1. The lowest BCUT2D eigenvalue weighted by atomic mass is 10.1. The number of ether oxygens (including phenoxy) is 1. The summed E-state index contributed by atoms with van der Waals surface area (Å²) in [5.74, 6) is -0.422. The Kier molecular flexibility index (Phi) is 6.14. The number of rotatable bonds is 6. The molecule has 3 aromatic rings. The molecule has 9 heteroatoms. The van der Waals surface area contributed by atoms with E-state index < -0.39 is 15.8 Å². The Labute approximate surface area is 180 Å². The van der Waals surface area contributed by atoms with Crippen LogP contribution in [0.25, 0.3) is 10.6 Å². The van der Waals surface area contributed by atoms with Crippen molar-refractivity contribution in [1.82, 2.24) is 14.8 Å². The molecule has 2 heterocycles. The van der Waals surface area contributed by atoms with E-state index in [4.69, 9.17) is 4.74 Å². The zero-order valence-electron chi connectivity index (χ0n) is 17.7. The van der Waals surface area contributed by atoms with Crippen LogP contribution in [0.2, 0.25) is 0 Å². The van der Waals surface area contributed by atoms with E-state index in [1.807, 2.05) is 37.8 Å². The Morgan fingerprint density at radius 1 is 1.20 bits per heavy atom. The van der Waals surface area contributed by atoms with E-state index in [2.05, 4.69) is 10.1 Å². The molecule has 3 rings (SSSR count). The van der Waals surface area contributed by atoms with Gasteiger partial charge in [-0.2, -0.15) is 5.10 Å². The van der Waals surface area contributed by atoms with Crippen LogP contribution in [-0.4, -0.2) is 35.4 Å². The van der Waals surface area contributed by atoms with E-state index in [1.165, 1.54) is 17.6 Å². The maximum absolute atomic E-state index is 12.6. The van der Waals surface area contributed by atoms with Gasteiger partial charge in [-0.05, 0) is 39.3 Å². The summed E-state index contributed by atoms with van der Waals surface area (Å²) in [4.78, 5) is 17.3. The highest BCUT2D eigenvalue weighted by molar-refractivity contribution is 7.90. The molecule has 0 aliphatic carbocycles. The smallest absolute Gasteiger partial charge is 0.342 e. The minimum Gasteiger partial charge on any atom is -0.455 e. The molecule has 0 atom stereocenters. The minimum atomic E-state index is -3.24. The van der Waals surface area contributed by atoms with Crippen LogP contribution in [-0.2, 0) is 33.1 Å². The maximum Gasteiger partial charge on any atom is 0.342 e. The van der Waals surface area contributed by atoms with Gasteiger partial charge in [0.2, 0.25) is 0 Å². The number of benzene rings is 1.